The number of ketones is 1. The fourth-order valence-corrected chi connectivity index (χ4v) is 3.79. The van der Waals surface area contributed by atoms with Crippen LogP contribution in [-0.4, -0.2) is 11.0 Å². The molecule has 1 aromatic carbocycles. The zero-order valence-corrected chi connectivity index (χ0v) is 12.4. The number of thioether (sulfide) groups is 1. The zero-order chi connectivity index (χ0) is 13.1. The molecule has 0 aliphatic rings. The van der Waals surface area contributed by atoms with Crippen LogP contribution in [0.5, 0.6) is 0 Å². The maximum absolute atomic E-state index is 12.4. The summed E-state index contributed by atoms with van der Waals surface area (Å²) in [7, 11) is 0. The Bertz CT molecular complexity index is 544. The van der Waals surface area contributed by atoms with Crippen LogP contribution in [0.4, 0.5) is 0 Å². The lowest BCUT2D eigenvalue weighted by Gasteiger charge is -2.11. The first-order chi connectivity index (χ1) is 8.58. The Labute approximate surface area is 116 Å². The molecule has 3 heteroatoms. The van der Waals surface area contributed by atoms with Gasteiger partial charge < -0.3 is 0 Å². The number of benzene rings is 1. The SMILES string of the molecule is Cc1ccc(C)c(C(=O)C(C)Sc2cccs2)c1. The minimum Gasteiger partial charge on any atom is -0.293 e. The molecule has 1 heterocycles. The second-order valence-corrected chi connectivity index (χ2v) is 6.96. The summed E-state index contributed by atoms with van der Waals surface area (Å²) in [5.41, 5.74) is 3.05. The Morgan fingerprint density at radius 2 is 2.06 bits per heavy atom. The van der Waals surface area contributed by atoms with Gasteiger partial charge in [-0.25, -0.2) is 0 Å². The second kappa shape index (κ2) is 5.72. The van der Waals surface area contributed by atoms with E-state index in [9.17, 15) is 4.79 Å². The highest BCUT2D eigenvalue weighted by molar-refractivity contribution is 8.02. The van der Waals surface area contributed by atoms with Gasteiger partial charge in [0.05, 0.1) is 9.46 Å². The van der Waals surface area contributed by atoms with Crippen molar-refractivity contribution in [1.82, 2.24) is 0 Å². The third kappa shape index (κ3) is 3.03. The molecule has 2 rings (SSSR count). The summed E-state index contributed by atoms with van der Waals surface area (Å²) in [4.78, 5) is 12.4. The Morgan fingerprint density at radius 3 is 2.72 bits per heavy atom. The molecule has 1 aromatic heterocycles. The maximum atomic E-state index is 12.4. The van der Waals surface area contributed by atoms with E-state index < -0.39 is 0 Å². The number of Topliss-reactive ketones (excluding diaryl/α,β-unsaturated/α-hetero) is 1. The monoisotopic (exact) mass is 276 g/mol. The van der Waals surface area contributed by atoms with Crippen LogP contribution in [0.2, 0.25) is 0 Å². The topological polar surface area (TPSA) is 17.1 Å². The van der Waals surface area contributed by atoms with Gasteiger partial charge in [-0.1, -0.05) is 23.8 Å². The highest BCUT2D eigenvalue weighted by atomic mass is 32.2. The lowest BCUT2D eigenvalue weighted by atomic mass is 10.0. The summed E-state index contributed by atoms with van der Waals surface area (Å²) < 4.78 is 1.20. The van der Waals surface area contributed by atoms with Crippen LogP contribution in [0.15, 0.2) is 39.9 Å². The molecule has 0 amide bonds. The third-order valence-electron chi connectivity index (χ3n) is 2.82. The summed E-state index contributed by atoms with van der Waals surface area (Å²) in [6, 6.07) is 10.1. The Morgan fingerprint density at radius 1 is 1.28 bits per heavy atom. The molecule has 94 valence electrons. The Balaban J connectivity index is 2.17. The first-order valence-corrected chi connectivity index (χ1v) is 7.65. The predicted molar refractivity (Wildman–Crippen MR) is 79.9 cm³/mol. The first kappa shape index (κ1) is 13.4. The molecule has 0 aliphatic carbocycles. The fraction of sp³-hybridized carbons (Fsp3) is 0.267. The van der Waals surface area contributed by atoms with E-state index in [2.05, 4.69) is 6.07 Å². The van der Waals surface area contributed by atoms with Crippen LogP contribution in [0.25, 0.3) is 0 Å². The molecule has 0 saturated heterocycles. The van der Waals surface area contributed by atoms with Crippen molar-refractivity contribution in [3.63, 3.8) is 0 Å². The second-order valence-electron chi connectivity index (χ2n) is 4.37. The third-order valence-corrected chi connectivity index (χ3v) is 4.99. The molecule has 0 radical (unpaired) electrons. The van der Waals surface area contributed by atoms with E-state index in [1.807, 2.05) is 50.4 Å². The largest absolute Gasteiger partial charge is 0.293 e. The number of aryl methyl sites for hydroxylation is 2. The predicted octanol–water partition coefficient (Wildman–Crippen LogP) is 4.73. The molecular weight excluding hydrogens is 260 g/mol. The minimum absolute atomic E-state index is 0.0378. The smallest absolute Gasteiger partial charge is 0.176 e. The van der Waals surface area contributed by atoms with Crippen molar-refractivity contribution in [2.24, 2.45) is 0 Å². The van der Waals surface area contributed by atoms with E-state index in [0.717, 1.165) is 16.7 Å². The summed E-state index contributed by atoms with van der Waals surface area (Å²) in [6.45, 7) is 6.00. The number of rotatable bonds is 4. The summed E-state index contributed by atoms with van der Waals surface area (Å²) >= 11 is 3.32. The molecule has 0 bridgehead atoms. The Kier molecular flexibility index (Phi) is 4.25. The molecule has 0 fully saturated rings. The highest BCUT2D eigenvalue weighted by Crippen LogP contribution is 2.30. The summed E-state index contributed by atoms with van der Waals surface area (Å²) in [5, 5.41) is 2.00. The van der Waals surface area contributed by atoms with Crippen LogP contribution in [0.3, 0.4) is 0 Å². The molecule has 1 atom stereocenters. The van der Waals surface area contributed by atoms with E-state index in [1.54, 1.807) is 23.1 Å². The molecular formula is C15H16OS2. The quantitative estimate of drug-likeness (QED) is 0.593. The number of carbonyl (C=O) groups is 1. The van der Waals surface area contributed by atoms with Crippen molar-refractivity contribution in [1.29, 1.82) is 0 Å². The zero-order valence-electron chi connectivity index (χ0n) is 10.8. The highest BCUT2D eigenvalue weighted by Gasteiger charge is 2.18. The summed E-state index contributed by atoms with van der Waals surface area (Å²) in [5.74, 6) is 0.217. The lowest BCUT2D eigenvalue weighted by Crippen LogP contribution is -2.14. The van der Waals surface area contributed by atoms with Crippen molar-refractivity contribution in [2.75, 3.05) is 0 Å². The standard InChI is InChI=1S/C15H16OS2/c1-10-6-7-11(2)13(9-10)15(16)12(3)18-14-5-4-8-17-14/h4-9,12H,1-3H3. The molecule has 2 aromatic rings. The van der Waals surface area contributed by atoms with Gasteiger partial charge in [-0.3, -0.25) is 4.79 Å². The summed E-state index contributed by atoms with van der Waals surface area (Å²) in [6.07, 6.45) is 0. The van der Waals surface area contributed by atoms with Crippen molar-refractivity contribution in [3.05, 3.63) is 52.4 Å². The van der Waals surface area contributed by atoms with E-state index in [1.165, 1.54) is 4.21 Å². The fourth-order valence-electron chi connectivity index (χ4n) is 1.78. The Hall–Kier alpha value is -1.06. The molecule has 18 heavy (non-hydrogen) atoms. The van der Waals surface area contributed by atoms with Crippen LogP contribution >= 0.6 is 23.1 Å². The minimum atomic E-state index is -0.0378. The van der Waals surface area contributed by atoms with Gasteiger partial charge in [-0.15, -0.1) is 23.1 Å². The van der Waals surface area contributed by atoms with Crippen LogP contribution < -0.4 is 0 Å². The molecule has 0 saturated carbocycles. The van der Waals surface area contributed by atoms with E-state index in [-0.39, 0.29) is 11.0 Å². The van der Waals surface area contributed by atoms with Crippen LogP contribution in [0, 0.1) is 13.8 Å². The average molecular weight is 276 g/mol. The average Bonchev–Trinajstić information content (AvgIpc) is 2.84. The van der Waals surface area contributed by atoms with Crippen LogP contribution in [0.1, 0.15) is 28.4 Å². The van der Waals surface area contributed by atoms with Crippen molar-refractivity contribution < 1.29 is 4.79 Å². The van der Waals surface area contributed by atoms with Gasteiger partial charge in [0.2, 0.25) is 0 Å². The normalized spacial score (nSPS) is 12.4. The number of hydrogen-bond acceptors (Lipinski definition) is 3. The molecule has 0 N–H and O–H groups in total. The molecule has 1 unspecified atom stereocenters. The molecule has 0 spiro atoms. The van der Waals surface area contributed by atoms with Crippen LogP contribution in [-0.2, 0) is 0 Å². The number of carbonyl (C=O) groups excluding carboxylic acids is 1. The molecule has 1 nitrogen and oxygen atoms in total. The van der Waals surface area contributed by atoms with Gasteiger partial charge in [0.1, 0.15) is 0 Å². The maximum Gasteiger partial charge on any atom is 0.176 e. The molecule has 0 aliphatic heterocycles. The van der Waals surface area contributed by atoms with Gasteiger partial charge in [-0.2, -0.15) is 0 Å². The van der Waals surface area contributed by atoms with Crippen molar-refractivity contribution in [2.45, 2.75) is 30.2 Å². The van der Waals surface area contributed by atoms with E-state index in [4.69, 9.17) is 0 Å². The van der Waals surface area contributed by atoms with Gasteiger partial charge in [0, 0.05) is 5.56 Å². The number of thiophene rings is 1. The van der Waals surface area contributed by atoms with E-state index >= 15 is 0 Å². The van der Waals surface area contributed by atoms with Crippen molar-refractivity contribution in [3.8, 4) is 0 Å². The van der Waals surface area contributed by atoms with Crippen molar-refractivity contribution >= 4 is 28.9 Å². The van der Waals surface area contributed by atoms with Gasteiger partial charge >= 0.3 is 0 Å². The van der Waals surface area contributed by atoms with Gasteiger partial charge in [0.25, 0.3) is 0 Å². The number of hydrogen-bond donors (Lipinski definition) is 0. The van der Waals surface area contributed by atoms with Gasteiger partial charge in [0.15, 0.2) is 5.78 Å². The first-order valence-electron chi connectivity index (χ1n) is 5.89. The van der Waals surface area contributed by atoms with E-state index in [0.29, 0.717) is 0 Å². The lowest BCUT2D eigenvalue weighted by molar-refractivity contribution is 0.0993. The van der Waals surface area contributed by atoms with Gasteiger partial charge in [-0.05, 0) is 43.8 Å².